The number of nitrogens with one attached hydrogen (secondary N) is 1. The Morgan fingerprint density at radius 2 is 1.95 bits per heavy atom. The summed E-state index contributed by atoms with van der Waals surface area (Å²) in [4.78, 5) is 25.4. The van der Waals surface area contributed by atoms with E-state index in [1.54, 1.807) is 29.2 Å². The molecule has 0 aliphatic carbocycles. The number of halogens is 1. The number of rotatable bonds is 3. The summed E-state index contributed by atoms with van der Waals surface area (Å²) in [6, 6.07) is 10.5. The Labute approximate surface area is 130 Å². The van der Waals surface area contributed by atoms with Crippen LogP contribution in [0, 0.1) is 0 Å². The Morgan fingerprint density at radius 1 is 1.19 bits per heavy atom. The summed E-state index contributed by atoms with van der Waals surface area (Å²) < 4.78 is 5.70. The highest BCUT2D eigenvalue weighted by Crippen LogP contribution is 2.23. The molecule has 5 nitrogen and oxygen atoms in total. The zero-order valence-electron chi connectivity index (χ0n) is 11.1. The standard InChI is InChI=1S/C15H13BrN2O3/c16-13-8-7-12(21-13)15(20)17-10-3-5-11(6-4-10)18-9-1-2-14(18)19/h3-8H,1-2,9H2,(H,17,20). The van der Waals surface area contributed by atoms with Crippen molar-refractivity contribution in [3.63, 3.8) is 0 Å². The van der Waals surface area contributed by atoms with Gasteiger partial charge in [-0.3, -0.25) is 9.59 Å². The first kappa shape index (κ1) is 13.9. The molecular formula is C15H13BrN2O3. The SMILES string of the molecule is O=C(Nc1ccc(N2CCCC2=O)cc1)c1ccc(Br)o1. The van der Waals surface area contributed by atoms with Crippen molar-refractivity contribution in [2.75, 3.05) is 16.8 Å². The minimum absolute atomic E-state index is 0.146. The van der Waals surface area contributed by atoms with Gasteiger partial charge in [0.25, 0.3) is 5.91 Å². The Hall–Kier alpha value is -2.08. The molecule has 0 saturated carbocycles. The van der Waals surface area contributed by atoms with Crippen molar-refractivity contribution in [1.29, 1.82) is 0 Å². The van der Waals surface area contributed by atoms with Crippen molar-refractivity contribution in [3.8, 4) is 0 Å². The molecule has 0 unspecified atom stereocenters. The van der Waals surface area contributed by atoms with Gasteiger partial charge in [-0.25, -0.2) is 0 Å². The van der Waals surface area contributed by atoms with Gasteiger partial charge >= 0.3 is 0 Å². The molecule has 1 aliphatic rings. The molecule has 1 aliphatic heterocycles. The van der Waals surface area contributed by atoms with E-state index in [2.05, 4.69) is 21.2 Å². The summed E-state index contributed by atoms with van der Waals surface area (Å²) in [5.74, 6) is 0.0681. The number of carbonyl (C=O) groups excluding carboxylic acids is 2. The van der Waals surface area contributed by atoms with Crippen molar-refractivity contribution in [3.05, 3.63) is 46.8 Å². The quantitative estimate of drug-likeness (QED) is 0.924. The zero-order valence-corrected chi connectivity index (χ0v) is 12.7. The second kappa shape index (κ2) is 5.73. The molecule has 1 N–H and O–H groups in total. The fourth-order valence-corrected chi connectivity index (χ4v) is 2.58. The minimum Gasteiger partial charge on any atom is -0.444 e. The highest BCUT2D eigenvalue weighted by molar-refractivity contribution is 9.10. The van der Waals surface area contributed by atoms with E-state index in [9.17, 15) is 9.59 Å². The van der Waals surface area contributed by atoms with Crippen LogP contribution >= 0.6 is 15.9 Å². The third-order valence-corrected chi connectivity index (χ3v) is 3.73. The van der Waals surface area contributed by atoms with Gasteiger partial charge in [-0.1, -0.05) is 0 Å². The molecule has 3 rings (SSSR count). The molecule has 1 aromatic heterocycles. The van der Waals surface area contributed by atoms with Gasteiger partial charge in [0, 0.05) is 24.3 Å². The van der Waals surface area contributed by atoms with Gasteiger partial charge in [0.15, 0.2) is 10.4 Å². The highest BCUT2D eigenvalue weighted by atomic mass is 79.9. The predicted molar refractivity (Wildman–Crippen MR) is 82.4 cm³/mol. The van der Waals surface area contributed by atoms with Crippen LogP contribution in [0.1, 0.15) is 23.4 Å². The van der Waals surface area contributed by atoms with Crippen LogP contribution in [0.15, 0.2) is 45.5 Å². The van der Waals surface area contributed by atoms with Crippen LogP contribution in [0.5, 0.6) is 0 Å². The molecule has 0 radical (unpaired) electrons. The number of benzene rings is 1. The first-order valence-corrected chi connectivity index (χ1v) is 7.40. The average Bonchev–Trinajstić information content (AvgIpc) is 3.08. The molecule has 21 heavy (non-hydrogen) atoms. The Bertz CT molecular complexity index is 678. The van der Waals surface area contributed by atoms with E-state index in [0.29, 0.717) is 16.8 Å². The summed E-state index contributed by atoms with van der Waals surface area (Å²) in [5.41, 5.74) is 1.51. The van der Waals surface area contributed by atoms with Gasteiger partial charge < -0.3 is 14.6 Å². The van der Waals surface area contributed by atoms with E-state index >= 15 is 0 Å². The van der Waals surface area contributed by atoms with Crippen molar-refractivity contribution >= 4 is 39.1 Å². The molecule has 108 valence electrons. The molecule has 1 fully saturated rings. The first-order chi connectivity index (χ1) is 10.1. The lowest BCUT2D eigenvalue weighted by molar-refractivity contribution is -0.117. The molecular weight excluding hydrogens is 336 g/mol. The molecule has 1 aromatic carbocycles. The van der Waals surface area contributed by atoms with Gasteiger partial charge in [-0.2, -0.15) is 0 Å². The zero-order chi connectivity index (χ0) is 14.8. The normalized spacial score (nSPS) is 14.5. The van der Waals surface area contributed by atoms with Crippen LogP contribution in [0.25, 0.3) is 0 Å². The molecule has 0 bridgehead atoms. The number of hydrogen-bond acceptors (Lipinski definition) is 3. The van der Waals surface area contributed by atoms with Crippen molar-refractivity contribution in [2.24, 2.45) is 0 Å². The van der Waals surface area contributed by atoms with E-state index in [4.69, 9.17) is 4.42 Å². The second-order valence-corrected chi connectivity index (χ2v) is 5.54. The predicted octanol–water partition coefficient (Wildman–Crippen LogP) is 3.42. The summed E-state index contributed by atoms with van der Waals surface area (Å²) in [6.07, 6.45) is 1.50. The van der Waals surface area contributed by atoms with Crippen molar-refractivity contribution in [2.45, 2.75) is 12.8 Å². The Kier molecular flexibility index (Phi) is 3.79. The summed E-state index contributed by atoms with van der Waals surface area (Å²) in [5, 5.41) is 2.74. The second-order valence-electron chi connectivity index (χ2n) is 4.75. The van der Waals surface area contributed by atoms with E-state index in [0.717, 1.165) is 18.7 Å². The maximum absolute atomic E-state index is 11.9. The number of anilines is 2. The maximum Gasteiger partial charge on any atom is 0.291 e. The number of carbonyl (C=O) groups is 2. The largest absolute Gasteiger partial charge is 0.444 e. The molecule has 0 atom stereocenters. The minimum atomic E-state index is -0.314. The van der Waals surface area contributed by atoms with E-state index in [-0.39, 0.29) is 17.6 Å². The lowest BCUT2D eigenvalue weighted by Crippen LogP contribution is -2.23. The molecule has 2 amide bonds. The topological polar surface area (TPSA) is 62.6 Å². The Balaban J connectivity index is 1.69. The van der Waals surface area contributed by atoms with Gasteiger partial charge in [0.1, 0.15) is 0 Å². The van der Waals surface area contributed by atoms with Crippen LogP contribution in [-0.4, -0.2) is 18.4 Å². The van der Waals surface area contributed by atoms with Crippen LogP contribution < -0.4 is 10.2 Å². The highest BCUT2D eigenvalue weighted by Gasteiger charge is 2.21. The number of hydrogen-bond donors (Lipinski definition) is 1. The molecule has 1 saturated heterocycles. The van der Waals surface area contributed by atoms with Crippen LogP contribution in [0.3, 0.4) is 0 Å². The van der Waals surface area contributed by atoms with Gasteiger partial charge in [-0.05, 0) is 58.7 Å². The van der Waals surface area contributed by atoms with Gasteiger partial charge in [0.2, 0.25) is 5.91 Å². The number of furan rings is 1. The summed E-state index contributed by atoms with van der Waals surface area (Å²) in [7, 11) is 0. The molecule has 2 aromatic rings. The van der Waals surface area contributed by atoms with Crippen LogP contribution in [0.4, 0.5) is 11.4 Å². The Morgan fingerprint density at radius 3 is 2.52 bits per heavy atom. The average molecular weight is 349 g/mol. The van der Waals surface area contributed by atoms with Crippen molar-refractivity contribution < 1.29 is 14.0 Å². The van der Waals surface area contributed by atoms with Gasteiger partial charge in [-0.15, -0.1) is 0 Å². The molecule has 2 heterocycles. The van der Waals surface area contributed by atoms with E-state index in [1.165, 1.54) is 0 Å². The summed E-state index contributed by atoms with van der Waals surface area (Å²) >= 11 is 3.15. The van der Waals surface area contributed by atoms with Gasteiger partial charge in [0.05, 0.1) is 0 Å². The van der Waals surface area contributed by atoms with E-state index in [1.807, 2.05) is 12.1 Å². The smallest absolute Gasteiger partial charge is 0.291 e. The number of nitrogens with zero attached hydrogens (tertiary/aromatic N) is 1. The summed E-state index contributed by atoms with van der Waals surface area (Å²) in [6.45, 7) is 0.755. The lowest BCUT2D eigenvalue weighted by Gasteiger charge is -2.15. The fraction of sp³-hybridized carbons (Fsp3) is 0.200. The van der Waals surface area contributed by atoms with Crippen LogP contribution in [-0.2, 0) is 4.79 Å². The third kappa shape index (κ3) is 3.00. The van der Waals surface area contributed by atoms with Crippen LogP contribution in [0.2, 0.25) is 0 Å². The van der Waals surface area contributed by atoms with Crippen molar-refractivity contribution in [1.82, 2.24) is 0 Å². The maximum atomic E-state index is 11.9. The monoisotopic (exact) mass is 348 g/mol. The van der Waals surface area contributed by atoms with E-state index < -0.39 is 0 Å². The molecule has 0 spiro atoms. The lowest BCUT2D eigenvalue weighted by atomic mass is 10.2. The molecule has 6 heteroatoms. The fourth-order valence-electron chi connectivity index (χ4n) is 2.27. The first-order valence-electron chi connectivity index (χ1n) is 6.60. The number of amides is 2. The third-order valence-electron chi connectivity index (χ3n) is 3.31.